The van der Waals surface area contributed by atoms with Crippen LogP contribution in [0.3, 0.4) is 0 Å². The van der Waals surface area contributed by atoms with Gasteiger partial charge in [0.15, 0.2) is 6.73 Å². The van der Waals surface area contributed by atoms with Crippen LogP contribution in [0.15, 0.2) is 42.6 Å². The molecule has 0 radical (unpaired) electrons. The highest BCUT2D eigenvalue weighted by atomic mass is 35.5. The number of aromatic nitrogens is 2. The second-order valence-corrected chi connectivity index (χ2v) is 8.67. The van der Waals surface area contributed by atoms with Crippen molar-refractivity contribution in [2.75, 3.05) is 48.0 Å². The molecule has 3 heterocycles. The summed E-state index contributed by atoms with van der Waals surface area (Å²) in [7, 11) is 0. The first-order valence-electron chi connectivity index (χ1n) is 10.6. The van der Waals surface area contributed by atoms with Gasteiger partial charge in [-0.15, -0.1) is 12.4 Å². The molecule has 2 N–H and O–H groups in total. The van der Waals surface area contributed by atoms with Gasteiger partial charge in [-0.1, -0.05) is 29.3 Å². The minimum Gasteiger partial charge on any atom is -0.455 e. The molecule has 0 spiro atoms. The van der Waals surface area contributed by atoms with E-state index in [2.05, 4.69) is 44.6 Å². The Labute approximate surface area is 213 Å². The van der Waals surface area contributed by atoms with E-state index in [9.17, 15) is 4.79 Å². The number of carbonyl (C=O) groups is 1. The Kier molecular flexibility index (Phi) is 7.33. The first-order chi connectivity index (χ1) is 16.0. The Morgan fingerprint density at radius 3 is 2.56 bits per heavy atom. The molecular weight excluding hydrogens is 499 g/mol. The first-order valence-corrected chi connectivity index (χ1v) is 11.4. The van der Waals surface area contributed by atoms with Crippen molar-refractivity contribution < 1.29 is 9.53 Å². The van der Waals surface area contributed by atoms with Crippen LogP contribution in [-0.4, -0.2) is 48.8 Å². The van der Waals surface area contributed by atoms with Gasteiger partial charge in [-0.05, 0) is 42.8 Å². The Morgan fingerprint density at radius 1 is 1.12 bits per heavy atom. The number of fused-ring (bicyclic) bond motifs is 1. The molecule has 1 aromatic heterocycles. The zero-order valence-corrected chi connectivity index (χ0v) is 20.7. The maximum atomic E-state index is 13.0. The van der Waals surface area contributed by atoms with Crippen LogP contribution in [0.4, 0.5) is 23.0 Å². The summed E-state index contributed by atoms with van der Waals surface area (Å²) < 4.78 is 5.76. The molecule has 0 unspecified atom stereocenters. The number of carbonyl (C=O) groups excluding carboxylic acids is 1. The number of nitrogens with zero attached hydrogens (tertiary/aromatic N) is 4. The van der Waals surface area contributed by atoms with Gasteiger partial charge >= 0.3 is 0 Å². The van der Waals surface area contributed by atoms with Crippen molar-refractivity contribution in [1.82, 2.24) is 15.3 Å². The number of aryl methyl sites for hydroxylation is 1. The maximum Gasteiger partial charge on any atom is 0.268 e. The van der Waals surface area contributed by atoms with Crippen molar-refractivity contribution in [3.05, 3.63) is 63.8 Å². The van der Waals surface area contributed by atoms with E-state index in [-0.39, 0.29) is 36.5 Å². The third kappa shape index (κ3) is 4.72. The molecule has 1 amide bonds. The lowest BCUT2D eigenvalue weighted by atomic mass is 10.1. The third-order valence-electron chi connectivity index (χ3n) is 5.68. The highest BCUT2D eigenvalue weighted by molar-refractivity contribution is 6.40. The summed E-state index contributed by atoms with van der Waals surface area (Å²) >= 11 is 12.5. The van der Waals surface area contributed by atoms with Crippen molar-refractivity contribution in [2.45, 2.75) is 6.92 Å². The third-order valence-corrected chi connectivity index (χ3v) is 6.29. The fourth-order valence-electron chi connectivity index (χ4n) is 4.05. The van der Waals surface area contributed by atoms with Crippen LogP contribution in [-0.2, 0) is 0 Å². The molecule has 0 saturated carbocycles. The van der Waals surface area contributed by atoms with Crippen molar-refractivity contribution in [1.29, 1.82) is 0 Å². The molecule has 178 valence electrons. The largest absolute Gasteiger partial charge is 0.455 e. The van der Waals surface area contributed by atoms with Crippen LogP contribution >= 0.6 is 35.6 Å². The maximum absolute atomic E-state index is 13.0. The number of amides is 1. The Morgan fingerprint density at radius 2 is 1.85 bits per heavy atom. The van der Waals surface area contributed by atoms with Gasteiger partial charge in [-0.25, -0.2) is 4.98 Å². The lowest BCUT2D eigenvalue weighted by Crippen LogP contribution is -2.43. The quantitative estimate of drug-likeness (QED) is 0.516. The molecule has 1 fully saturated rings. The van der Waals surface area contributed by atoms with Crippen LogP contribution in [0.25, 0.3) is 0 Å². The molecule has 11 heteroatoms. The number of rotatable bonds is 4. The van der Waals surface area contributed by atoms with Crippen molar-refractivity contribution in [3.8, 4) is 5.88 Å². The monoisotopic (exact) mass is 520 g/mol. The molecule has 1 saturated heterocycles. The van der Waals surface area contributed by atoms with E-state index in [1.165, 1.54) is 22.3 Å². The average molecular weight is 522 g/mol. The van der Waals surface area contributed by atoms with Crippen molar-refractivity contribution in [3.63, 3.8) is 0 Å². The van der Waals surface area contributed by atoms with E-state index < -0.39 is 0 Å². The van der Waals surface area contributed by atoms with Gasteiger partial charge < -0.3 is 20.3 Å². The molecule has 5 rings (SSSR count). The minimum atomic E-state index is -0.325. The van der Waals surface area contributed by atoms with E-state index in [0.29, 0.717) is 21.7 Å². The highest BCUT2D eigenvalue weighted by Gasteiger charge is 2.31. The molecule has 0 aliphatic carbocycles. The smallest absolute Gasteiger partial charge is 0.268 e. The van der Waals surface area contributed by atoms with Crippen molar-refractivity contribution >= 4 is 64.5 Å². The number of benzene rings is 2. The molecule has 2 aliphatic heterocycles. The lowest BCUT2D eigenvalue weighted by Gasteiger charge is -2.31. The van der Waals surface area contributed by atoms with Crippen LogP contribution in [0.5, 0.6) is 5.88 Å². The number of hydrogen-bond donors (Lipinski definition) is 2. The summed E-state index contributed by atoms with van der Waals surface area (Å²) in [4.78, 5) is 25.5. The average Bonchev–Trinajstić information content (AvgIpc) is 2.81. The SMILES string of the molecule is Cc1cc(Nc2ncc3c(n2)OCN(c2c(Cl)cccc2Cl)C3=O)ccc1N1CCNCC1.Cl. The summed E-state index contributed by atoms with van der Waals surface area (Å²) in [6, 6.07) is 11.2. The zero-order valence-electron chi connectivity index (χ0n) is 18.3. The number of piperazine rings is 1. The van der Waals surface area contributed by atoms with Gasteiger partial charge in [0.05, 0.1) is 15.7 Å². The molecular formula is C23H23Cl3N6O2. The van der Waals surface area contributed by atoms with Crippen LogP contribution in [0, 0.1) is 6.92 Å². The second-order valence-electron chi connectivity index (χ2n) is 7.85. The summed E-state index contributed by atoms with van der Waals surface area (Å²) in [5.74, 6) is 0.236. The zero-order chi connectivity index (χ0) is 22.9. The molecule has 2 aromatic carbocycles. The number of hydrogen-bond acceptors (Lipinski definition) is 7. The topological polar surface area (TPSA) is 82.6 Å². The fraction of sp³-hybridized carbons (Fsp3) is 0.261. The molecule has 8 nitrogen and oxygen atoms in total. The fourth-order valence-corrected chi connectivity index (χ4v) is 4.65. The molecule has 34 heavy (non-hydrogen) atoms. The molecule has 0 bridgehead atoms. The van der Waals surface area contributed by atoms with Crippen LogP contribution in [0.1, 0.15) is 15.9 Å². The summed E-state index contributed by atoms with van der Waals surface area (Å²) in [5, 5.41) is 7.30. The van der Waals surface area contributed by atoms with Crippen molar-refractivity contribution in [2.24, 2.45) is 0 Å². The van der Waals surface area contributed by atoms with Crippen LogP contribution < -0.4 is 25.2 Å². The molecule has 2 aliphatic rings. The van der Waals surface area contributed by atoms with E-state index >= 15 is 0 Å². The summed E-state index contributed by atoms with van der Waals surface area (Å²) in [6.07, 6.45) is 1.45. The van der Waals surface area contributed by atoms with E-state index in [1.54, 1.807) is 18.2 Å². The Hall–Kier alpha value is -2.78. The first kappa shape index (κ1) is 24.3. The molecule has 3 aromatic rings. The number of halogens is 3. The van der Waals surface area contributed by atoms with Gasteiger partial charge in [0.2, 0.25) is 11.8 Å². The van der Waals surface area contributed by atoms with Gasteiger partial charge in [0.1, 0.15) is 5.56 Å². The van der Waals surface area contributed by atoms with Gasteiger partial charge in [-0.3, -0.25) is 9.69 Å². The normalized spacial score (nSPS) is 15.3. The predicted molar refractivity (Wildman–Crippen MR) is 138 cm³/mol. The minimum absolute atomic E-state index is 0. The molecule has 0 atom stereocenters. The Balaban J connectivity index is 0.00000274. The predicted octanol–water partition coefficient (Wildman–Crippen LogP) is 4.66. The van der Waals surface area contributed by atoms with Gasteiger partial charge in [0.25, 0.3) is 5.91 Å². The van der Waals surface area contributed by atoms with E-state index in [0.717, 1.165) is 31.9 Å². The Bertz CT molecular complexity index is 1200. The van der Waals surface area contributed by atoms with E-state index in [1.807, 2.05) is 6.07 Å². The second kappa shape index (κ2) is 10.2. The summed E-state index contributed by atoms with van der Waals surface area (Å²) in [6.45, 7) is 5.99. The number of ether oxygens (including phenoxy) is 1. The van der Waals surface area contributed by atoms with Crippen LogP contribution in [0.2, 0.25) is 10.0 Å². The lowest BCUT2D eigenvalue weighted by molar-refractivity contribution is 0.0932. The van der Waals surface area contributed by atoms with E-state index in [4.69, 9.17) is 27.9 Å². The highest BCUT2D eigenvalue weighted by Crippen LogP contribution is 2.37. The standard InChI is InChI=1S/C23H22Cl2N6O2.ClH/c1-14-11-15(5-6-19(14)30-9-7-26-8-10-30)28-23-27-12-16-21(29-23)33-13-31(22(16)32)20-17(24)3-2-4-18(20)25;/h2-6,11-12,26H,7-10,13H2,1H3,(H,27,28,29);1H. The van der Waals surface area contributed by atoms with Gasteiger partial charge in [-0.2, -0.15) is 4.98 Å². The summed E-state index contributed by atoms with van der Waals surface area (Å²) in [5.41, 5.74) is 3.89. The number of nitrogens with one attached hydrogen (secondary N) is 2. The number of para-hydroxylation sites is 1. The number of anilines is 4. The van der Waals surface area contributed by atoms with Gasteiger partial charge in [0, 0.05) is 43.8 Å².